The van der Waals surface area contributed by atoms with E-state index in [4.69, 9.17) is 9.72 Å². The highest BCUT2D eigenvalue weighted by atomic mass is 32.2. The first kappa shape index (κ1) is 39.3. The molecule has 3 N–H and O–H groups in total. The summed E-state index contributed by atoms with van der Waals surface area (Å²) in [7, 11) is -2.00. The van der Waals surface area contributed by atoms with E-state index >= 15 is 0 Å². The number of halogens is 1. The molecule has 3 aromatic rings. The Morgan fingerprint density at radius 2 is 1.89 bits per heavy atom. The predicted molar refractivity (Wildman–Crippen MR) is 207 cm³/mol. The molecule has 0 radical (unpaired) electrons. The van der Waals surface area contributed by atoms with Gasteiger partial charge in [0.1, 0.15) is 28.9 Å². The van der Waals surface area contributed by atoms with Gasteiger partial charge in [-0.25, -0.2) is 17.8 Å². The average molecular weight is 762 g/mol. The smallest absolute Gasteiger partial charge is 0.256 e. The molecule has 2 aromatic carbocycles. The summed E-state index contributed by atoms with van der Waals surface area (Å²) in [4.78, 5) is 44.8. The Labute approximate surface area is 317 Å². The van der Waals surface area contributed by atoms with E-state index in [2.05, 4.69) is 28.3 Å². The molecular formula is C41H52FN5O6S. The molecule has 2 fully saturated rings. The number of carbonyl (C=O) groups is 3. The van der Waals surface area contributed by atoms with Crippen LogP contribution in [-0.4, -0.2) is 78.6 Å². The molecule has 0 bridgehead atoms. The van der Waals surface area contributed by atoms with E-state index < -0.39 is 38.2 Å². The molecule has 13 heteroatoms. The molecule has 5 atom stereocenters. The van der Waals surface area contributed by atoms with Gasteiger partial charge < -0.3 is 20.3 Å². The number of nitrogens with zero attached hydrogens (tertiary/aromatic N) is 2. The van der Waals surface area contributed by atoms with E-state index in [-0.39, 0.29) is 23.8 Å². The summed E-state index contributed by atoms with van der Waals surface area (Å²) >= 11 is 0. The van der Waals surface area contributed by atoms with Crippen molar-refractivity contribution in [3.8, 4) is 17.0 Å². The third-order valence-electron chi connectivity index (χ3n) is 11.5. The Kier molecular flexibility index (Phi) is 11.8. The van der Waals surface area contributed by atoms with Crippen LogP contribution in [0.1, 0.15) is 84.1 Å². The number of carbonyl (C=O) groups excluding carboxylic acids is 3. The molecule has 1 saturated carbocycles. The van der Waals surface area contributed by atoms with Crippen LogP contribution >= 0.6 is 0 Å². The van der Waals surface area contributed by atoms with Gasteiger partial charge in [-0.1, -0.05) is 62.2 Å². The number of ether oxygens (including phenoxy) is 1. The molecule has 3 heterocycles. The monoisotopic (exact) mass is 761 g/mol. The lowest BCUT2D eigenvalue weighted by Crippen LogP contribution is -2.51. The summed E-state index contributed by atoms with van der Waals surface area (Å²) in [5.74, 6) is -0.769. The number of rotatable bonds is 16. The molecule has 290 valence electrons. The number of allylic oxidation sites excluding steroid dienone is 1. The van der Waals surface area contributed by atoms with Crippen molar-refractivity contribution in [3.63, 3.8) is 0 Å². The van der Waals surface area contributed by atoms with Gasteiger partial charge >= 0.3 is 0 Å². The summed E-state index contributed by atoms with van der Waals surface area (Å²) < 4.78 is 47.6. The standard InChI is InChI=1S/C41H52FN5O6S/c1-27(35(44-26-48)38(49)46-54(51,52)40(3)21-22-40)13-8-6-5-7-9-18-34(43-4)39(50)47-25-41(24-28(47)2)20-19-32-31-16-10-11-17-33(31)45-36(37(32)53-41)29-14-12-15-30(42)23-29/h8,10-17,23,26-28,34-35,43H,5-7,9,18-22,24-25H2,1-4H3,(H,44,48)(H,46,49)/b13-8-/t27-,28?,34-,35+,41+/m0/s1. The van der Waals surface area contributed by atoms with Crippen molar-refractivity contribution in [1.29, 1.82) is 0 Å². The lowest BCUT2D eigenvalue weighted by atomic mass is 9.87. The molecular weight excluding hydrogens is 710 g/mol. The van der Waals surface area contributed by atoms with Crippen LogP contribution in [0.25, 0.3) is 22.2 Å². The second-order valence-corrected chi connectivity index (χ2v) is 17.7. The highest BCUT2D eigenvalue weighted by molar-refractivity contribution is 7.91. The summed E-state index contributed by atoms with van der Waals surface area (Å²) in [6.45, 7) is 5.90. The van der Waals surface area contributed by atoms with Crippen LogP contribution in [-0.2, 0) is 30.8 Å². The number of amides is 3. The number of sulfonamides is 1. The second-order valence-electron chi connectivity index (χ2n) is 15.5. The molecule has 3 aliphatic rings. The van der Waals surface area contributed by atoms with E-state index in [9.17, 15) is 27.2 Å². The zero-order chi connectivity index (χ0) is 38.7. The highest BCUT2D eigenvalue weighted by Gasteiger charge is 2.52. The number of likely N-dealkylation sites (N-methyl/N-ethyl adjacent to an activating group) is 1. The summed E-state index contributed by atoms with van der Waals surface area (Å²) in [6, 6.07) is 13.0. The lowest BCUT2D eigenvalue weighted by Gasteiger charge is -2.37. The first-order valence-corrected chi connectivity index (χ1v) is 20.6. The maximum absolute atomic E-state index is 14.4. The minimum absolute atomic E-state index is 0.0235. The molecule has 3 amide bonds. The maximum Gasteiger partial charge on any atom is 0.256 e. The van der Waals surface area contributed by atoms with Gasteiger partial charge in [0, 0.05) is 34.9 Å². The molecule has 1 unspecified atom stereocenters. The van der Waals surface area contributed by atoms with Gasteiger partial charge in [0.2, 0.25) is 22.3 Å². The van der Waals surface area contributed by atoms with Gasteiger partial charge in [-0.2, -0.15) is 0 Å². The van der Waals surface area contributed by atoms with E-state index in [0.717, 1.165) is 55.0 Å². The molecule has 6 rings (SSSR count). The Balaban J connectivity index is 1.02. The average Bonchev–Trinajstić information content (AvgIpc) is 3.84. The van der Waals surface area contributed by atoms with Crippen molar-refractivity contribution in [2.45, 2.75) is 113 Å². The molecule has 11 nitrogen and oxygen atoms in total. The fourth-order valence-corrected chi connectivity index (χ4v) is 9.18. The quantitative estimate of drug-likeness (QED) is 0.0977. The minimum Gasteiger partial charge on any atom is -0.483 e. The predicted octanol–water partition coefficient (Wildman–Crippen LogP) is 5.57. The number of para-hydroxylation sites is 1. The van der Waals surface area contributed by atoms with Crippen molar-refractivity contribution >= 4 is 39.2 Å². The number of aromatic nitrogens is 1. The molecule has 2 aliphatic heterocycles. The minimum atomic E-state index is -3.81. The summed E-state index contributed by atoms with van der Waals surface area (Å²) in [6.07, 6.45) is 11.4. The number of hydrogen-bond acceptors (Lipinski definition) is 8. The van der Waals surface area contributed by atoms with Crippen LogP contribution in [0, 0.1) is 11.7 Å². The van der Waals surface area contributed by atoms with Crippen LogP contribution in [0.5, 0.6) is 5.75 Å². The normalized spacial score (nSPS) is 22.0. The number of nitrogens with one attached hydrogen (secondary N) is 3. The number of fused-ring (bicyclic) bond motifs is 3. The third kappa shape index (κ3) is 8.31. The molecule has 54 heavy (non-hydrogen) atoms. The Morgan fingerprint density at radius 1 is 1.11 bits per heavy atom. The molecule has 1 aliphatic carbocycles. The Morgan fingerprint density at radius 3 is 2.61 bits per heavy atom. The number of unbranched alkanes of at least 4 members (excludes halogenated alkanes) is 3. The van der Waals surface area contributed by atoms with Crippen molar-refractivity contribution in [2.24, 2.45) is 5.92 Å². The van der Waals surface area contributed by atoms with E-state index in [1.807, 2.05) is 48.4 Å². The van der Waals surface area contributed by atoms with Gasteiger partial charge in [0.05, 0.1) is 22.9 Å². The highest BCUT2D eigenvalue weighted by Crippen LogP contribution is 2.47. The fourth-order valence-electron chi connectivity index (χ4n) is 7.91. The zero-order valence-electron chi connectivity index (χ0n) is 31.6. The second kappa shape index (κ2) is 16.2. The van der Waals surface area contributed by atoms with Gasteiger partial charge in [-0.15, -0.1) is 0 Å². The molecule has 1 spiro atoms. The van der Waals surface area contributed by atoms with E-state index in [0.29, 0.717) is 55.6 Å². The maximum atomic E-state index is 14.4. The van der Waals surface area contributed by atoms with Crippen LogP contribution < -0.4 is 20.1 Å². The number of hydrogen-bond donors (Lipinski definition) is 3. The van der Waals surface area contributed by atoms with Crippen molar-refractivity contribution in [3.05, 3.63) is 72.1 Å². The number of likely N-dealkylation sites (tertiary alicyclic amines) is 1. The Hall–Kier alpha value is -4.36. The fraction of sp³-hybridized carbons (Fsp3) is 0.512. The van der Waals surface area contributed by atoms with Crippen LogP contribution in [0.3, 0.4) is 0 Å². The SMILES string of the molecule is CN[C@@H](CCCCC/C=C\[C@H](C)[C@@H](NC=O)C(=O)NS(=O)(=O)C1(C)CC1)C(=O)N1C[C@@]2(CCc3c(c(-c4cccc(F)c4)nc4ccccc34)O2)CC1C. The van der Waals surface area contributed by atoms with E-state index in [1.54, 1.807) is 19.9 Å². The third-order valence-corrected chi connectivity index (χ3v) is 13.7. The van der Waals surface area contributed by atoms with Crippen LogP contribution in [0.15, 0.2) is 60.7 Å². The van der Waals surface area contributed by atoms with Gasteiger partial charge in [0.15, 0.2) is 0 Å². The molecule has 1 saturated heterocycles. The molecule has 1 aromatic heterocycles. The number of pyridine rings is 1. The van der Waals surface area contributed by atoms with Crippen molar-refractivity contribution < 1.29 is 31.9 Å². The number of aryl methyl sites for hydroxylation is 1. The Bertz CT molecular complexity index is 2020. The van der Waals surface area contributed by atoms with Crippen LogP contribution in [0.2, 0.25) is 0 Å². The van der Waals surface area contributed by atoms with Gasteiger partial charge in [-0.05, 0) is 84.0 Å². The van der Waals surface area contributed by atoms with E-state index in [1.165, 1.54) is 12.1 Å². The topological polar surface area (TPSA) is 147 Å². The van der Waals surface area contributed by atoms with Gasteiger partial charge in [0.25, 0.3) is 5.91 Å². The first-order chi connectivity index (χ1) is 25.8. The lowest BCUT2D eigenvalue weighted by molar-refractivity contribution is -0.134. The summed E-state index contributed by atoms with van der Waals surface area (Å²) in [5, 5.41) is 6.72. The first-order valence-electron chi connectivity index (χ1n) is 19.1. The number of benzene rings is 2. The van der Waals surface area contributed by atoms with Gasteiger partial charge in [-0.3, -0.25) is 19.1 Å². The van der Waals surface area contributed by atoms with Crippen molar-refractivity contribution in [2.75, 3.05) is 13.6 Å². The largest absolute Gasteiger partial charge is 0.483 e. The van der Waals surface area contributed by atoms with Crippen LogP contribution in [0.4, 0.5) is 4.39 Å². The zero-order valence-corrected chi connectivity index (χ0v) is 32.4. The summed E-state index contributed by atoms with van der Waals surface area (Å²) in [5.41, 5.74) is 2.62. The van der Waals surface area contributed by atoms with Crippen molar-refractivity contribution in [1.82, 2.24) is 25.2 Å².